The third-order valence-corrected chi connectivity index (χ3v) is 3.11. The molecule has 2 saturated carbocycles. The van der Waals surface area contributed by atoms with Gasteiger partial charge in [0.1, 0.15) is 5.54 Å². The second-order valence-electron chi connectivity index (χ2n) is 3.70. The van der Waals surface area contributed by atoms with E-state index in [4.69, 9.17) is 15.9 Å². The van der Waals surface area contributed by atoms with E-state index in [2.05, 4.69) is 0 Å². The monoisotopic (exact) mass is 171 g/mol. The van der Waals surface area contributed by atoms with Crippen LogP contribution in [-0.2, 0) is 9.59 Å². The SMILES string of the molecule is N[C@]1(C(=O)O)C[C@@]12C[C@@H]2C(=O)O. The maximum absolute atomic E-state index is 10.6. The van der Waals surface area contributed by atoms with E-state index < -0.39 is 28.8 Å². The Morgan fingerprint density at radius 3 is 2.25 bits per heavy atom. The number of hydrogen-bond acceptors (Lipinski definition) is 3. The van der Waals surface area contributed by atoms with Gasteiger partial charge >= 0.3 is 11.9 Å². The summed E-state index contributed by atoms with van der Waals surface area (Å²) >= 11 is 0. The zero-order valence-electron chi connectivity index (χ0n) is 6.28. The molecule has 1 spiro atoms. The molecule has 0 aromatic rings. The minimum Gasteiger partial charge on any atom is -0.481 e. The van der Waals surface area contributed by atoms with Crippen molar-refractivity contribution in [2.75, 3.05) is 0 Å². The number of hydrogen-bond donors (Lipinski definition) is 3. The summed E-state index contributed by atoms with van der Waals surface area (Å²) in [5.74, 6) is -2.53. The average molecular weight is 171 g/mol. The van der Waals surface area contributed by atoms with Gasteiger partial charge in [-0.2, -0.15) is 0 Å². The highest BCUT2D eigenvalue weighted by molar-refractivity contribution is 5.90. The maximum atomic E-state index is 10.6. The normalized spacial score (nSPS) is 48.9. The van der Waals surface area contributed by atoms with Gasteiger partial charge in [0.05, 0.1) is 5.92 Å². The van der Waals surface area contributed by atoms with E-state index in [0.717, 1.165) is 0 Å². The first-order valence-electron chi connectivity index (χ1n) is 3.69. The second-order valence-corrected chi connectivity index (χ2v) is 3.70. The molecule has 2 aliphatic rings. The Kier molecular flexibility index (Phi) is 1.03. The van der Waals surface area contributed by atoms with Crippen LogP contribution in [0.4, 0.5) is 0 Å². The van der Waals surface area contributed by atoms with Crippen LogP contribution in [0.5, 0.6) is 0 Å². The van der Waals surface area contributed by atoms with Crippen LogP contribution in [0.25, 0.3) is 0 Å². The molecule has 12 heavy (non-hydrogen) atoms. The van der Waals surface area contributed by atoms with Gasteiger partial charge in [0.25, 0.3) is 0 Å². The van der Waals surface area contributed by atoms with Crippen molar-refractivity contribution >= 4 is 11.9 Å². The van der Waals surface area contributed by atoms with Crippen LogP contribution in [0.15, 0.2) is 0 Å². The topological polar surface area (TPSA) is 101 Å². The Morgan fingerprint density at radius 1 is 1.42 bits per heavy atom. The molecule has 66 valence electrons. The lowest BCUT2D eigenvalue weighted by molar-refractivity contribution is -0.140. The summed E-state index contributed by atoms with van der Waals surface area (Å²) < 4.78 is 0. The van der Waals surface area contributed by atoms with Crippen LogP contribution < -0.4 is 5.73 Å². The van der Waals surface area contributed by atoms with Gasteiger partial charge in [-0.15, -0.1) is 0 Å². The van der Waals surface area contributed by atoms with Gasteiger partial charge in [-0.3, -0.25) is 9.59 Å². The minimum absolute atomic E-state index is 0.312. The smallest absolute Gasteiger partial charge is 0.324 e. The summed E-state index contributed by atoms with van der Waals surface area (Å²) in [7, 11) is 0. The van der Waals surface area contributed by atoms with Gasteiger partial charge in [0.2, 0.25) is 0 Å². The molecule has 0 saturated heterocycles. The third kappa shape index (κ3) is 0.582. The lowest BCUT2D eigenvalue weighted by Crippen LogP contribution is -2.36. The average Bonchev–Trinajstić information content (AvgIpc) is 2.75. The zero-order valence-corrected chi connectivity index (χ0v) is 6.28. The Balaban J connectivity index is 2.15. The predicted molar refractivity (Wildman–Crippen MR) is 37.3 cm³/mol. The van der Waals surface area contributed by atoms with Crippen molar-refractivity contribution in [2.45, 2.75) is 18.4 Å². The molecule has 0 aromatic carbocycles. The fraction of sp³-hybridized carbons (Fsp3) is 0.714. The molecule has 5 nitrogen and oxygen atoms in total. The highest BCUT2D eigenvalue weighted by atomic mass is 16.4. The van der Waals surface area contributed by atoms with Crippen LogP contribution in [-0.4, -0.2) is 27.7 Å². The van der Waals surface area contributed by atoms with E-state index in [1.165, 1.54) is 0 Å². The molecule has 4 N–H and O–H groups in total. The molecule has 3 atom stereocenters. The molecule has 0 heterocycles. The summed E-state index contributed by atoms with van der Waals surface area (Å²) in [5.41, 5.74) is 3.63. The van der Waals surface area contributed by atoms with Gasteiger partial charge in [-0.25, -0.2) is 0 Å². The molecule has 2 aliphatic carbocycles. The molecular formula is C7H9NO4. The van der Waals surface area contributed by atoms with Gasteiger partial charge in [0.15, 0.2) is 0 Å². The molecular weight excluding hydrogens is 162 g/mol. The molecule has 0 aliphatic heterocycles. The van der Waals surface area contributed by atoms with Crippen molar-refractivity contribution in [3.8, 4) is 0 Å². The maximum Gasteiger partial charge on any atom is 0.324 e. The number of rotatable bonds is 2. The van der Waals surface area contributed by atoms with E-state index >= 15 is 0 Å². The molecule has 2 rings (SSSR count). The van der Waals surface area contributed by atoms with Crippen LogP contribution in [0.2, 0.25) is 0 Å². The van der Waals surface area contributed by atoms with Crippen molar-refractivity contribution in [2.24, 2.45) is 17.1 Å². The third-order valence-electron chi connectivity index (χ3n) is 3.11. The van der Waals surface area contributed by atoms with Crippen LogP contribution in [0.3, 0.4) is 0 Å². The van der Waals surface area contributed by atoms with Crippen LogP contribution in [0.1, 0.15) is 12.8 Å². The molecule has 0 radical (unpaired) electrons. The van der Waals surface area contributed by atoms with Gasteiger partial charge < -0.3 is 15.9 Å². The van der Waals surface area contributed by atoms with Crippen molar-refractivity contribution < 1.29 is 19.8 Å². The molecule has 0 aromatic heterocycles. The van der Waals surface area contributed by atoms with E-state index in [-0.39, 0.29) is 0 Å². The minimum atomic E-state index is -1.25. The van der Waals surface area contributed by atoms with Crippen molar-refractivity contribution in [1.29, 1.82) is 0 Å². The second kappa shape index (κ2) is 1.64. The fourth-order valence-electron chi connectivity index (χ4n) is 2.06. The quantitative estimate of drug-likeness (QED) is 0.508. The van der Waals surface area contributed by atoms with Crippen molar-refractivity contribution in [3.63, 3.8) is 0 Å². The van der Waals surface area contributed by atoms with Crippen LogP contribution in [0, 0.1) is 11.3 Å². The van der Waals surface area contributed by atoms with E-state index in [9.17, 15) is 9.59 Å². The number of carbonyl (C=O) groups is 2. The standard InChI is InChI=1S/C7H9NO4/c8-7(5(11)12)2-6(7)1-3(6)4(9)10/h3H,1-2,8H2,(H,9,10)(H,11,12)/t3-,6-,7+/m1/s1. The lowest BCUT2D eigenvalue weighted by atomic mass is 10.1. The van der Waals surface area contributed by atoms with E-state index in [1.807, 2.05) is 0 Å². The summed E-state index contributed by atoms with van der Waals surface area (Å²) in [6, 6.07) is 0. The molecule has 2 fully saturated rings. The Labute approximate surface area is 68.2 Å². The van der Waals surface area contributed by atoms with Gasteiger partial charge in [-0.1, -0.05) is 0 Å². The summed E-state index contributed by atoms with van der Waals surface area (Å²) in [6.07, 6.45) is 0.734. The van der Waals surface area contributed by atoms with E-state index in [0.29, 0.717) is 12.8 Å². The first kappa shape index (κ1) is 7.54. The number of nitrogens with two attached hydrogens (primary N) is 1. The predicted octanol–water partition coefficient (Wildman–Crippen LogP) is -0.737. The lowest BCUT2D eigenvalue weighted by Gasteiger charge is -2.01. The van der Waals surface area contributed by atoms with Crippen molar-refractivity contribution in [3.05, 3.63) is 0 Å². The van der Waals surface area contributed by atoms with Gasteiger partial charge in [0, 0.05) is 5.41 Å². The largest absolute Gasteiger partial charge is 0.481 e. The number of carboxylic acid groups (broad SMARTS) is 2. The first-order valence-corrected chi connectivity index (χ1v) is 3.69. The van der Waals surface area contributed by atoms with E-state index in [1.54, 1.807) is 0 Å². The molecule has 0 amide bonds. The van der Waals surface area contributed by atoms with Crippen molar-refractivity contribution in [1.82, 2.24) is 0 Å². The Hall–Kier alpha value is -1.10. The zero-order chi connectivity index (χ0) is 9.15. The van der Waals surface area contributed by atoms with Crippen LogP contribution >= 0.6 is 0 Å². The number of aliphatic carboxylic acids is 2. The molecule has 0 bridgehead atoms. The fourth-order valence-corrected chi connectivity index (χ4v) is 2.06. The summed E-state index contributed by atoms with van der Waals surface area (Å²) in [4.78, 5) is 21.1. The highest BCUT2D eigenvalue weighted by Crippen LogP contribution is 2.75. The Morgan fingerprint density at radius 2 is 2.00 bits per heavy atom. The summed E-state index contributed by atoms with van der Waals surface area (Å²) in [6.45, 7) is 0. The molecule has 5 heteroatoms. The number of carboxylic acids is 2. The molecule has 0 unspecified atom stereocenters. The summed E-state index contributed by atoms with van der Waals surface area (Å²) in [5, 5.41) is 17.3. The highest BCUT2D eigenvalue weighted by Gasteiger charge is 2.84. The van der Waals surface area contributed by atoms with Gasteiger partial charge in [-0.05, 0) is 12.8 Å². The first-order chi connectivity index (χ1) is 5.44. The Bertz CT molecular complexity index is 289.